The zero-order chi connectivity index (χ0) is 16.4. The van der Waals surface area contributed by atoms with Crippen LogP contribution in [-0.4, -0.2) is 24.9 Å². The lowest BCUT2D eigenvalue weighted by atomic mass is 10.0. The van der Waals surface area contributed by atoms with E-state index in [0.29, 0.717) is 0 Å². The largest absolute Gasteiger partial charge is 0.345 e. The van der Waals surface area contributed by atoms with Gasteiger partial charge in [-0.05, 0) is 30.9 Å². The highest BCUT2D eigenvalue weighted by Crippen LogP contribution is 2.17. The molecular weight excluding hydrogens is 270 g/mol. The number of likely N-dealkylation sites (N-methyl/N-ethyl adjacent to an activating group) is 1. The van der Waals surface area contributed by atoms with E-state index >= 15 is 0 Å². The summed E-state index contributed by atoms with van der Waals surface area (Å²) in [7, 11) is 3.59. The maximum atomic E-state index is 12.0. The lowest BCUT2D eigenvalue weighted by molar-refractivity contribution is -0.124. The minimum absolute atomic E-state index is 0.0764. The maximum Gasteiger partial charge on any atom is 0.248 e. The molecule has 0 bridgehead atoms. The van der Waals surface area contributed by atoms with Gasteiger partial charge in [0.25, 0.3) is 0 Å². The molecule has 0 aliphatic rings. The van der Waals surface area contributed by atoms with Crippen molar-refractivity contribution in [2.75, 3.05) is 14.1 Å². The first-order valence-corrected chi connectivity index (χ1v) is 8.20. The average Bonchev–Trinajstić information content (AvgIpc) is 2.51. The first kappa shape index (κ1) is 18.2. The van der Waals surface area contributed by atoms with Gasteiger partial charge in [-0.3, -0.25) is 4.79 Å². The molecule has 0 atom stereocenters. The quantitative estimate of drug-likeness (QED) is 0.372. The molecule has 0 heterocycles. The monoisotopic (exact) mass is 299 g/mol. The van der Waals surface area contributed by atoms with Crippen molar-refractivity contribution < 1.29 is 4.79 Å². The molecule has 0 radical (unpaired) electrons. The molecular formula is C20H29NO. The van der Waals surface area contributed by atoms with Crippen molar-refractivity contribution in [3.05, 3.63) is 53.1 Å². The summed E-state index contributed by atoms with van der Waals surface area (Å²) < 4.78 is 0. The van der Waals surface area contributed by atoms with Crippen LogP contribution in [0.5, 0.6) is 0 Å². The molecule has 0 saturated carbocycles. The predicted molar refractivity (Wildman–Crippen MR) is 95.6 cm³/mol. The van der Waals surface area contributed by atoms with Gasteiger partial charge in [0, 0.05) is 19.7 Å². The number of nitrogens with zero attached hydrogens (tertiary/aromatic N) is 1. The summed E-state index contributed by atoms with van der Waals surface area (Å²) in [6.45, 7) is 4.12. The summed E-state index contributed by atoms with van der Waals surface area (Å²) >= 11 is 0. The van der Waals surface area contributed by atoms with Gasteiger partial charge in [-0.25, -0.2) is 0 Å². The Hall–Kier alpha value is -1.83. The average molecular weight is 299 g/mol. The SMILES string of the molecule is CCCCCCC(=Cc1ccccc1)/C=C(\C)C(=O)N(C)C. The molecule has 0 saturated heterocycles. The number of carbonyl (C=O) groups is 1. The Morgan fingerprint density at radius 2 is 1.77 bits per heavy atom. The normalized spacial score (nSPS) is 12.4. The van der Waals surface area contributed by atoms with Gasteiger partial charge in [0.2, 0.25) is 5.91 Å². The van der Waals surface area contributed by atoms with Gasteiger partial charge in [0.05, 0.1) is 0 Å². The number of hydrogen-bond donors (Lipinski definition) is 0. The second-order valence-corrected chi connectivity index (χ2v) is 5.97. The summed E-state index contributed by atoms with van der Waals surface area (Å²) in [5.41, 5.74) is 3.21. The van der Waals surface area contributed by atoms with Crippen LogP contribution in [0, 0.1) is 0 Å². The Balaban J connectivity index is 2.89. The molecule has 120 valence electrons. The van der Waals surface area contributed by atoms with Crippen LogP contribution in [0.4, 0.5) is 0 Å². The third-order valence-electron chi connectivity index (χ3n) is 3.62. The molecule has 22 heavy (non-hydrogen) atoms. The predicted octanol–water partition coefficient (Wildman–Crippen LogP) is 5.07. The molecule has 2 heteroatoms. The number of amides is 1. The topological polar surface area (TPSA) is 20.3 Å². The standard InChI is InChI=1S/C20H29NO/c1-5-6-7-9-14-19(15-17(2)20(22)21(3)4)16-18-12-10-8-11-13-18/h8,10-13,15-16H,5-7,9,14H2,1-4H3/b17-15+,19-16?. The van der Waals surface area contributed by atoms with Gasteiger partial charge in [-0.2, -0.15) is 0 Å². The van der Waals surface area contributed by atoms with E-state index in [2.05, 4.69) is 25.1 Å². The maximum absolute atomic E-state index is 12.0. The lowest BCUT2D eigenvalue weighted by Gasteiger charge is -2.11. The first-order chi connectivity index (χ1) is 10.5. The molecule has 0 aromatic heterocycles. The molecule has 1 amide bonds. The Kier molecular flexibility index (Phi) is 8.27. The highest BCUT2D eigenvalue weighted by molar-refractivity contribution is 5.93. The second kappa shape index (κ2) is 9.99. The van der Waals surface area contributed by atoms with E-state index in [1.807, 2.05) is 31.2 Å². The molecule has 0 unspecified atom stereocenters. The van der Waals surface area contributed by atoms with Crippen LogP contribution < -0.4 is 0 Å². The van der Waals surface area contributed by atoms with Crippen molar-refractivity contribution in [2.45, 2.75) is 46.0 Å². The summed E-state index contributed by atoms with van der Waals surface area (Å²) in [4.78, 5) is 13.7. The van der Waals surface area contributed by atoms with Crippen LogP contribution >= 0.6 is 0 Å². The number of benzene rings is 1. The van der Waals surface area contributed by atoms with Crippen molar-refractivity contribution in [3.8, 4) is 0 Å². The van der Waals surface area contributed by atoms with E-state index in [4.69, 9.17) is 0 Å². The van der Waals surface area contributed by atoms with Gasteiger partial charge in [-0.15, -0.1) is 0 Å². The molecule has 1 rings (SSSR count). The van der Waals surface area contributed by atoms with E-state index in [9.17, 15) is 4.79 Å². The van der Waals surface area contributed by atoms with E-state index in [1.54, 1.807) is 19.0 Å². The van der Waals surface area contributed by atoms with Crippen LogP contribution in [0.1, 0.15) is 51.5 Å². The van der Waals surface area contributed by atoms with Crippen LogP contribution in [0.15, 0.2) is 47.6 Å². The molecule has 0 spiro atoms. The smallest absolute Gasteiger partial charge is 0.248 e. The first-order valence-electron chi connectivity index (χ1n) is 8.20. The van der Waals surface area contributed by atoms with Crippen molar-refractivity contribution in [3.63, 3.8) is 0 Å². The van der Waals surface area contributed by atoms with Crippen LogP contribution in [0.25, 0.3) is 6.08 Å². The van der Waals surface area contributed by atoms with Crippen molar-refractivity contribution in [2.24, 2.45) is 0 Å². The molecule has 1 aromatic rings. The van der Waals surface area contributed by atoms with Crippen molar-refractivity contribution >= 4 is 12.0 Å². The minimum atomic E-state index is 0.0764. The van der Waals surface area contributed by atoms with Crippen molar-refractivity contribution in [1.29, 1.82) is 0 Å². The van der Waals surface area contributed by atoms with Gasteiger partial charge in [0.15, 0.2) is 0 Å². The van der Waals surface area contributed by atoms with Gasteiger partial charge in [0.1, 0.15) is 0 Å². The van der Waals surface area contributed by atoms with Crippen molar-refractivity contribution in [1.82, 2.24) is 4.90 Å². The fourth-order valence-electron chi connectivity index (χ4n) is 2.40. The third kappa shape index (κ3) is 6.75. The Labute approximate surface area is 135 Å². The highest BCUT2D eigenvalue weighted by atomic mass is 16.2. The van der Waals surface area contributed by atoms with Gasteiger partial charge < -0.3 is 4.90 Å². The van der Waals surface area contributed by atoms with E-state index in [1.165, 1.54) is 36.8 Å². The molecule has 2 nitrogen and oxygen atoms in total. The zero-order valence-electron chi connectivity index (χ0n) is 14.4. The summed E-state index contributed by atoms with van der Waals surface area (Å²) in [6.07, 6.45) is 10.2. The third-order valence-corrected chi connectivity index (χ3v) is 3.62. The molecule has 0 N–H and O–H groups in total. The number of allylic oxidation sites excluding steroid dienone is 2. The van der Waals surface area contributed by atoms with E-state index < -0.39 is 0 Å². The summed E-state index contributed by atoms with van der Waals surface area (Å²) in [6, 6.07) is 10.3. The van der Waals surface area contributed by atoms with E-state index in [0.717, 1.165) is 12.0 Å². The Morgan fingerprint density at radius 1 is 1.09 bits per heavy atom. The highest BCUT2D eigenvalue weighted by Gasteiger charge is 2.07. The molecule has 1 aromatic carbocycles. The van der Waals surface area contributed by atoms with Gasteiger partial charge >= 0.3 is 0 Å². The molecule has 0 fully saturated rings. The Bertz CT molecular complexity index is 512. The fourth-order valence-corrected chi connectivity index (χ4v) is 2.40. The van der Waals surface area contributed by atoms with Gasteiger partial charge in [-0.1, -0.05) is 68.7 Å². The zero-order valence-corrected chi connectivity index (χ0v) is 14.4. The lowest BCUT2D eigenvalue weighted by Crippen LogP contribution is -2.22. The van der Waals surface area contributed by atoms with Crippen LogP contribution in [-0.2, 0) is 4.79 Å². The number of unbranched alkanes of at least 4 members (excludes halogenated alkanes) is 3. The van der Waals surface area contributed by atoms with Crippen LogP contribution in [0.3, 0.4) is 0 Å². The minimum Gasteiger partial charge on any atom is -0.345 e. The second-order valence-electron chi connectivity index (χ2n) is 5.97. The Morgan fingerprint density at radius 3 is 2.36 bits per heavy atom. The van der Waals surface area contributed by atoms with E-state index in [-0.39, 0.29) is 5.91 Å². The summed E-state index contributed by atoms with van der Waals surface area (Å²) in [5.74, 6) is 0.0764. The number of rotatable bonds is 8. The summed E-state index contributed by atoms with van der Waals surface area (Å²) in [5, 5.41) is 0. The molecule has 0 aliphatic heterocycles. The van der Waals surface area contributed by atoms with Crippen LogP contribution in [0.2, 0.25) is 0 Å². The fraction of sp³-hybridized carbons (Fsp3) is 0.450. The number of hydrogen-bond acceptors (Lipinski definition) is 1. The number of carbonyl (C=O) groups excluding carboxylic acids is 1. The molecule has 0 aliphatic carbocycles.